The molecule has 0 radical (unpaired) electrons. The number of hydrogen-bond donors (Lipinski definition) is 1. The number of halogens is 1. The van der Waals surface area contributed by atoms with Crippen LogP contribution in [0, 0.1) is 6.92 Å². The zero-order valence-corrected chi connectivity index (χ0v) is 11.8. The molecular formula is C11H11ClN2O4S. The number of aromatic carboxylic acids is 1. The lowest BCUT2D eigenvalue weighted by atomic mass is 10.3. The number of aromatic nitrogens is 2. The maximum Gasteiger partial charge on any atom is 0.371 e. The smallest absolute Gasteiger partial charge is 0.371 e. The Labute approximate surface area is 116 Å². The Morgan fingerprint density at radius 1 is 1.58 bits per heavy atom. The minimum atomic E-state index is -1.51. The standard InChI is InChI=1S/C11H11ClN2O4S/c1-6-7(10(12)14(2)13-6)5-19(17)9-4-3-8(18-9)11(15)16/h3-4H,5H2,1-2H3,(H,15,16). The number of furan rings is 1. The van der Waals surface area contributed by atoms with E-state index in [0.29, 0.717) is 16.4 Å². The zero-order chi connectivity index (χ0) is 14.2. The average molecular weight is 303 g/mol. The molecule has 1 unspecified atom stereocenters. The normalized spacial score (nSPS) is 12.6. The van der Waals surface area contributed by atoms with Gasteiger partial charge in [0.15, 0.2) is 5.09 Å². The summed E-state index contributed by atoms with van der Waals surface area (Å²) in [5.74, 6) is -1.30. The van der Waals surface area contributed by atoms with Crippen LogP contribution in [0.1, 0.15) is 21.8 Å². The van der Waals surface area contributed by atoms with E-state index < -0.39 is 16.8 Å². The third-order valence-corrected chi connectivity index (χ3v) is 4.25. The number of aryl methyl sites for hydroxylation is 2. The Morgan fingerprint density at radius 3 is 2.74 bits per heavy atom. The molecule has 0 bridgehead atoms. The number of carboxylic acid groups (broad SMARTS) is 1. The minimum Gasteiger partial charge on any atom is -0.475 e. The number of carboxylic acids is 1. The molecule has 0 amide bonds. The topological polar surface area (TPSA) is 85.3 Å². The van der Waals surface area contributed by atoms with Crippen molar-refractivity contribution in [2.75, 3.05) is 0 Å². The number of nitrogens with zero attached hydrogens (tertiary/aromatic N) is 2. The van der Waals surface area contributed by atoms with Crippen LogP contribution in [-0.2, 0) is 23.6 Å². The molecule has 0 aliphatic rings. The molecule has 0 aliphatic heterocycles. The first-order valence-corrected chi connectivity index (χ1v) is 6.99. The predicted octanol–water partition coefficient (Wildman–Crippen LogP) is 1.98. The van der Waals surface area contributed by atoms with E-state index in [2.05, 4.69) is 5.10 Å². The van der Waals surface area contributed by atoms with Crippen molar-refractivity contribution in [3.63, 3.8) is 0 Å². The van der Waals surface area contributed by atoms with Crippen LogP contribution in [0.25, 0.3) is 0 Å². The summed E-state index contributed by atoms with van der Waals surface area (Å²) in [5.41, 5.74) is 1.35. The van der Waals surface area contributed by atoms with Gasteiger partial charge in [0.1, 0.15) is 5.15 Å². The van der Waals surface area contributed by atoms with E-state index >= 15 is 0 Å². The van der Waals surface area contributed by atoms with Crippen LogP contribution in [0.15, 0.2) is 21.6 Å². The van der Waals surface area contributed by atoms with Crippen molar-refractivity contribution in [1.29, 1.82) is 0 Å². The van der Waals surface area contributed by atoms with Gasteiger partial charge in [-0.3, -0.25) is 8.89 Å². The van der Waals surface area contributed by atoms with Crippen molar-refractivity contribution in [3.8, 4) is 0 Å². The van der Waals surface area contributed by atoms with Crippen LogP contribution >= 0.6 is 11.6 Å². The highest BCUT2D eigenvalue weighted by Crippen LogP contribution is 2.23. The molecule has 2 heterocycles. The molecule has 2 rings (SSSR count). The van der Waals surface area contributed by atoms with Gasteiger partial charge in [-0.25, -0.2) is 4.79 Å². The molecule has 19 heavy (non-hydrogen) atoms. The molecule has 2 aromatic rings. The molecule has 0 aromatic carbocycles. The van der Waals surface area contributed by atoms with Crippen LogP contribution in [0.3, 0.4) is 0 Å². The fraction of sp³-hybridized carbons (Fsp3) is 0.273. The molecule has 2 aromatic heterocycles. The first kappa shape index (κ1) is 13.8. The largest absolute Gasteiger partial charge is 0.475 e. The Kier molecular flexibility index (Phi) is 3.77. The van der Waals surface area contributed by atoms with Gasteiger partial charge < -0.3 is 9.52 Å². The summed E-state index contributed by atoms with van der Waals surface area (Å²) in [6.07, 6.45) is 0. The Bertz CT molecular complexity index is 662. The average Bonchev–Trinajstić information content (AvgIpc) is 2.91. The quantitative estimate of drug-likeness (QED) is 0.933. The van der Waals surface area contributed by atoms with Crippen LogP contribution in [-0.4, -0.2) is 25.1 Å². The molecule has 8 heteroatoms. The third-order valence-electron chi connectivity index (χ3n) is 2.56. The third kappa shape index (κ3) is 2.71. The molecule has 1 N–H and O–H groups in total. The summed E-state index contributed by atoms with van der Waals surface area (Å²) in [6.45, 7) is 1.77. The van der Waals surface area contributed by atoms with E-state index in [9.17, 15) is 9.00 Å². The Balaban J connectivity index is 2.23. The number of hydrogen-bond acceptors (Lipinski definition) is 4. The van der Waals surface area contributed by atoms with Crippen molar-refractivity contribution in [2.24, 2.45) is 7.05 Å². The lowest BCUT2D eigenvalue weighted by Gasteiger charge is -1.99. The second-order valence-corrected chi connectivity index (χ2v) is 5.63. The second kappa shape index (κ2) is 5.18. The van der Waals surface area contributed by atoms with Crippen molar-refractivity contribution in [3.05, 3.63) is 34.3 Å². The van der Waals surface area contributed by atoms with E-state index in [1.54, 1.807) is 14.0 Å². The summed E-state index contributed by atoms with van der Waals surface area (Å²) < 4.78 is 18.6. The molecule has 0 saturated heterocycles. The van der Waals surface area contributed by atoms with Crippen molar-refractivity contribution < 1.29 is 18.5 Å². The van der Waals surface area contributed by atoms with Crippen molar-refractivity contribution in [1.82, 2.24) is 9.78 Å². The van der Waals surface area contributed by atoms with Gasteiger partial charge in [-0.2, -0.15) is 5.10 Å². The minimum absolute atomic E-state index is 0.108. The first-order valence-electron chi connectivity index (χ1n) is 5.29. The van der Waals surface area contributed by atoms with Crippen LogP contribution in [0.2, 0.25) is 5.15 Å². The summed E-state index contributed by atoms with van der Waals surface area (Å²) in [6, 6.07) is 2.66. The summed E-state index contributed by atoms with van der Waals surface area (Å²) in [5, 5.41) is 13.4. The Hall–Kier alpha value is -1.60. The number of carbonyl (C=O) groups is 1. The van der Waals surface area contributed by atoms with Gasteiger partial charge in [0.2, 0.25) is 5.76 Å². The van der Waals surface area contributed by atoms with Gasteiger partial charge in [0.05, 0.1) is 22.2 Å². The molecule has 0 fully saturated rings. The molecule has 0 saturated carbocycles. The van der Waals surface area contributed by atoms with E-state index in [-0.39, 0.29) is 16.6 Å². The van der Waals surface area contributed by atoms with E-state index in [1.165, 1.54) is 16.8 Å². The molecule has 6 nitrogen and oxygen atoms in total. The molecule has 0 spiro atoms. The van der Waals surface area contributed by atoms with Gasteiger partial charge in [-0.15, -0.1) is 0 Å². The van der Waals surface area contributed by atoms with Crippen LogP contribution in [0.5, 0.6) is 0 Å². The molecular weight excluding hydrogens is 292 g/mol. The first-order chi connectivity index (χ1) is 8.90. The fourth-order valence-electron chi connectivity index (χ4n) is 1.60. The summed E-state index contributed by atoms with van der Waals surface area (Å²) >= 11 is 6.04. The fourth-order valence-corrected chi connectivity index (χ4v) is 3.07. The maximum absolute atomic E-state index is 12.1. The summed E-state index contributed by atoms with van der Waals surface area (Å²) in [7, 11) is 0.187. The van der Waals surface area contributed by atoms with Gasteiger partial charge in [-0.05, 0) is 19.1 Å². The monoisotopic (exact) mass is 302 g/mol. The SMILES string of the molecule is Cc1nn(C)c(Cl)c1CS(=O)c1ccc(C(=O)O)o1. The van der Waals surface area contributed by atoms with Crippen LogP contribution < -0.4 is 0 Å². The number of rotatable bonds is 4. The van der Waals surface area contributed by atoms with Crippen molar-refractivity contribution in [2.45, 2.75) is 17.8 Å². The highest BCUT2D eigenvalue weighted by molar-refractivity contribution is 7.84. The highest BCUT2D eigenvalue weighted by Gasteiger charge is 2.18. The van der Waals surface area contributed by atoms with Gasteiger partial charge in [0, 0.05) is 12.6 Å². The van der Waals surface area contributed by atoms with E-state index in [1.807, 2.05) is 0 Å². The lowest BCUT2D eigenvalue weighted by molar-refractivity contribution is 0.0656. The highest BCUT2D eigenvalue weighted by atomic mass is 35.5. The van der Waals surface area contributed by atoms with Gasteiger partial charge in [-0.1, -0.05) is 11.6 Å². The summed E-state index contributed by atoms with van der Waals surface area (Å²) in [4.78, 5) is 10.7. The predicted molar refractivity (Wildman–Crippen MR) is 68.7 cm³/mol. The van der Waals surface area contributed by atoms with Crippen molar-refractivity contribution >= 4 is 28.4 Å². The Morgan fingerprint density at radius 2 is 2.26 bits per heavy atom. The second-order valence-electron chi connectivity index (χ2n) is 3.89. The maximum atomic E-state index is 12.1. The molecule has 1 atom stereocenters. The van der Waals surface area contributed by atoms with Gasteiger partial charge in [0.25, 0.3) is 0 Å². The van der Waals surface area contributed by atoms with Gasteiger partial charge >= 0.3 is 5.97 Å². The zero-order valence-electron chi connectivity index (χ0n) is 10.2. The van der Waals surface area contributed by atoms with E-state index in [0.717, 1.165) is 0 Å². The van der Waals surface area contributed by atoms with Crippen LogP contribution in [0.4, 0.5) is 0 Å². The van der Waals surface area contributed by atoms with E-state index in [4.69, 9.17) is 21.1 Å². The molecule has 0 aliphatic carbocycles. The lowest BCUT2D eigenvalue weighted by Crippen LogP contribution is -1.97. The molecule has 102 valence electrons.